The van der Waals surface area contributed by atoms with Gasteiger partial charge >= 0.3 is 0 Å². The van der Waals surface area contributed by atoms with Crippen LogP contribution in [0.4, 0.5) is 8.78 Å². The van der Waals surface area contributed by atoms with E-state index < -0.39 is 11.6 Å². The standard InChI is InChI=1S/C14H19F2NO/c1-10(11-5-3-6-12(15)13(11)16)17-9-14(2)7-4-8-18-14/h3,5-6,10,17H,4,7-9H2,1-2H3. The van der Waals surface area contributed by atoms with Gasteiger partial charge in [-0.15, -0.1) is 0 Å². The lowest BCUT2D eigenvalue weighted by Gasteiger charge is -2.26. The van der Waals surface area contributed by atoms with Gasteiger partial charge in [0.15, 0.2) is 11.6 Å². The first-order valence-corrected chi connectivity index (χ1v) is 6.33. The maximum Gasteiger partial charge on any atom is 0.163 e. The van der Waals surface area contributed by atoms with Gasteiger partial charge in [0.25, 0.3) is 0 Å². The van der Waals surface area contributed by atoms with Crippen LogP contribution >= 0.6 is 0 Å². The molecule has 1 aromatic carbocycles. The molecule has 1 heterocycles. The Balaban J connectivity index is 1.99. The average molecular weight is 255 g/mol. The fourth-order valence-corrected chi connectivity index (χ4v) is 2.31. The van der Waals surface area contributed by atoms with Crippen molar-refractivity contribution >= 4 is 0 Å². The molecule has 1 saturated heterocycles. The van der Waals surface area contributed by atoms with Crippen LogP contribution < -0.4 is 5.32 Å². The molecule has 1 aromatic rings. The molecule has 0 saturated carbocycles. The van der Waals surface area contributed by atoms with Crippen molar-refractivity contribution in [2.75, 3.05) is 13.2 Å². The number of benzene rings is 1. The van der Waals surface area contributed by atoms with Crippen LogP contribution in [-0.4, -0.2) is 18.8 Å². The molecule has 1 aliphatic heterocycles. The molecular formula is C14H19F2NO. The van der Waals surface area contributed by atoms with Crippen LogP contribution in [0.1, 0.15) is 38.3 Å². The lowest BCUT2D eigenvalue weighted by molar-refractivity contribution is 0.0190. The normalized spacial score (nSPS) is 25.3. The number of halogens is 2. The molecule has 0 aromatic heterocycles. The smallest absolute Gasteiger partial charge is 0.163 e. The summed E-state index contributed by atoms with van der Waals surface area (Å²) in [6.07, 6.45) is 2.05. The summed E-state index contributed by atoms with van der Waals surface area (Å²) in [5.41, 5.74) is 0.175. The minimum Gasteiger partial charge on any atom is -0.374 e. The summed E-state index contributed by atoms with van der Waals surface area (Å²) in [4.78, 5) is 0. The van der Waals surface area contributed by atoms with E-state index in [1.165, 1.54) is 6.07 Å². The van der Waals surface area contributed by atoms with E-state index in [2.05, 4.69) is 5.32 Å². The van der Waals surface area contributed by atoms with Crippen molar-refractivity contribution in [1.82, 2.24) is 5.32 Å². The highest BCUT2D eigenvalue weighted by molar-refractivity contribution is 5.22. The number of hydrogen-bond donors (Lipinski definition) is 1. The van der Waals surface area contributed by atoms with Crippen molar-refractivity contribution in [2.45, 2.75) is 38.3 Å². The molecule has 2 atom stereocenters. The minimum absolute atomic E-state index is 0.182. The summed E-state index contributed by atoms with van der Waals surface area (Å²) in [6.45, 7) is 5.29. The zero-order chi connectivity index (χ0) is 13.2. The first-order valence-electron chi connectivity index (χ1n) is 6.33. The van der Waals surface area contributed by atoms with Crippen LogP contribution in [0.3, 0.4) is 0 Å². The molecule has 2 nitrogen and oxygen atoms in total. The van der Waals surface area contributed by atoms with Gasteiger partial charge in [-0.2, -0.15) is 0 Å². The molecule has 0 amide bonds. The molecule has 1 fully saturated rings. The second-order valence-corrected chi connectivity index (χ2v) is 5.15. The fourth-order valence-electron chi connectivity index (χ4n) is 2.31. The van der Waals surface area contributed by atoms with Gasteiger partial charge in [-0.25, -0.2) is 8.78 Å². The van der Waals surface area contributed by atoms with E-state index in [1.807, 2.05) is 13.8 Å². The molecule has 2 rings (SSSR count). The molecule has 1 aliphatic rings. The van der Waals surface area contributed by atoms with Crippen molar-refractivity contribution in [2.24, 2.45) is 0 Å². The lowest BCUT2D eigenvalue weighted by Crippen LogP contribution is -2.38. The topological polar surface area (TPSA) is 21.3 Å². The molecule has 18 heavy (non-hydrogen) atoms. The van der Waals surface area contributed by atoms with Crippen LogP contribution in [-0.2, 0) is 4.74 Å². The Kier molecular flexibility index (Phi) is 3.97. The Morgan fingerprint density at radius 3 is 2.89 bits per heavy atom. The second-order valence-electron chi connectivity index (χ2n) is 5.15. The molecule has 0 aliphatic carbocycles. The third-order valence-corrected chi connectivity index (χ3v) is 3.53. The van der Waals surface area contributed by atoms with Crippen LogP contribution in [0.2, 0.25) is 0 Å². The molecule has 4 heteroatoms. The van der Waals surface area contributed by atoms with Crippen LogP contribution in [0.15, 0.2) is 18.2 Å². The SMILES string of the molecule is CC(NCC1(C)CCCO1)c1cccc(F)c1F. The quantitative estimate of drug-likeness (QED) is 0.892. The average Bonchev–Trinajstić information content (AvgIpc) is 2.77. The van der Waals surface area contributed by atoms with Gasteiger partial charge in [0.05, 0.1) is 5.60 Å². The predicted octanol–water partition coefficient (Wildman–Crippen LogP) is 3.18. The zero-order valence-corrected chi connectivity index (χ0v) is 10.8. The Hall–Kier alpha value is -1.00. The van der Waals surface area contributed by atoms with Gasteiger partial charge in [-0.3, -0.25) is 0 Å². The predicted molar refractivity (Wildman–Crippen MR) is 66.4 cm³/mol. The van der Waals surface area contributed by atoms with Gasteiger partial charge in [-0.05, 0) is 32.8 Å². The number of nitrogens with one attached hydrogen (secondary N) is 1. The molecule has 1 N–H and O–H groups in total. The van der Waals surface area contributed by atoms with Gasteiger partial charge in [0.1, 0.15) is 0 Å². The maximum absolute atomic E-state index is 13.6. The zero-order valence-electron chi connectivity index (χ0n) is 10.8. The minimum atomic E-state index is -0.801. The maximum atomic E-state index is 13.6. The largest absolute Gasteiger partial charge is 0.374 e. The van der Waals surface area contributed by atoms with Crippen molar-refractivity contribution in [3.63, 3.8) is 0 Å². The van der Waals surface area contributed by atoms with E-state index in [-0.39, 0.29) is 11.6 Å². The van der Waals surface area contributed by atoms with Crippen LogP contribution in [0.25, 0.3) is 0 Å². The second kappa shape index (κ2) is 5.33. The lowest BCUT2D eigenvalue weighted by atomic mass is 10.0. The van der Waals surface area contributed by atoms with Gasteiger partial charge < -0.3 is 10.1 Å². The number of ether oxygens (including phenoxy) is 1. The van der Waals surface area contributed by atoms with E-state index in [9.17, 15) is 8.78 Å². The Bertz CT molecular complexity index is 416. The first kappa shape index (κ1) is 13.4. The molecule has 0 radical (unpaired) electrons. The third kappa shape index (κ3) is 2.87. The first-order chi connectivity index (χ1) is 8.52. The fraction of sp³-hybridized carbons (Fsp3) is 0.571. The molecular weight excluding hydrogens is 236 g/mol. The van der Waals surface area contributed by atoms with Crippen LogP contribution in [0.5, 0.6) is 0 Å². The molecule has 2 unspecified atom stereocenters. The summed E-state index contributed by atoms with van der Waals surface area (Å²) in [5.74, 6) is -1.57. The summed E-state index contributed by atoms with van der Waals surface area (Å²) in [7, 11) is 0. The number of hydrogen-bond acceptors (Lipinski definition) is 2. The van der Waals surface area contributed by atoms with Crippen molar-refractivity contribution in [3.8, 4) is 0 Å². The molecule has 0 bridgehead atoms. The van der Waals surface area contributed by atoms with Crippen molar-refractivity contribution in [3.05, 3.63) is 35.4 Å². The van der Waals surface area contributed by atoms with Crippen molar-refractivity contribution in [1.29, 1.82) is 0 Å². The van der Waals surface area contributed by atoms with E-state index >= 15 is 0 Å². The highest BCUT2D eigenvalue weighted by atomic mass is 19.2. The Labute approximate surface area is 106 Å². The summed E-state index contributed by atoms with van der Waals surface area (Å²) in [5, 5.41) is 3.22. The Morgan fingerprint density at radius 2 is 2.22 bits per heavy atom. The van der Waals surface area contributed by atoms with Gasteiger partial charge in [0, 0.05) is 24.8 Å². The summed E-state index contributed by atoms with van der Waals surface area (Å²) < 4.78 is 32.4. The Morgan fingerprint density at radius 1 is 1.44 bits per heavy atom. The van der Waals surface area contributed by atoms with Crippen LogP contribution in [0, 0.1) is 11.6 Å². The van der Waals surface area contributed by atoms with E-state index in [1.54, 1.807) is 6.07 Å². The van der Waals surface area contributed by atoms with E-state index in [4.69, 9.17) is 4.74 Å². The van der Waals surface area contributed by atoms with Gasteiger partial charge in [-0.1, -0.05) is 12.1 Å². The monoisotopic (exact) mass is 255 g/mol. The highest BCUT2D eigenvalue weighted by Gasteiger charge is 2.30. The van der Waals surface area contributed by atoms with Gasteiger partial charge in [0.2, 0.25) is 0 Å². The molecule has 100 valence electrons. The van der Waals surface area contributed by atoms with E-state index in [0.29, 0.717) is 12.1 Å². The van der Waals surface area contributed by atoms with E-state index in [0.717, 1.165) is 25.5 Å². The van der Waals surface area contributed by atoms with Crippen molar-refractivity contribution < 1.29 is 13.5 Å². The third-order valence-electron chi connectivity index (χ3n) is 3.53. The molecule has 0 spiro atoms. The summed E-state index contributed by atoms with van der Waals surface area (Å²) in [6, 6.07) is 4.03. The summed E-state index contributed by atoms with van der Waals surface area (Å²) >= 11 is 0. The number of rotatable bonds is 4. The highest BCUT2D eigenvalue weighted by Crippen LogP contribution is 2.26.